The number of benzene rings is 1. The molecule has 0 amide bonds. The van der Waals surface area contributed by atoms with Gasteiger partial charge in [0.15, 0.2) is 0 Å². The van der Waals surface area contributed by atoms with Crippen molar-refractivity contribution in [2.24, 2.45) is 0 Å². The molecule has 4 aromatic rings. The fourth-order valence-electron chi connectivity index (χ4n) is 5.49. The fraction of sp³-hybridized carbons (Fsp3) is 0.543. The number of fused-ring (bicyclic) bond motifs is 1. The van der Waals surface area contributed by atoms with Gasteiger partial charge in [0.25, 0.3) is 0 Å². The van der Waals surface area contributed by atoms with Crippen LogP contribution in [0.25, 0.3) is 38.0 Å². The van der Waals surface area contributed by atoms with Gasteiger partial charge in [-0.25, -0.2) is 0 Å². The Labute approximate surface area is 255 Å². The molecule has 4 rings (SSSR count). The van der Waals surface area contributed by atoms with Gasteiger partial charge >= 0.3 is 0 Å². The Balaban J connectivity index is 1.63. The van der Waals surface area contributed by atoms with Crippen molar-refractivity contribution < 1.29 is 0 Å². The molecular formula is C35H48N2S3. The van der Waals surface area contributed by atoms with Crippen LogP contribution in [0.3, 0.4) is 0 Å². The van der Waals surface area contributed by atoms with Crippen LogP contribution >= 0.6 is 34.4 Å². The molecule has 0 spiro atoms. The zero-order chi connectivity index (χ0) is 28.3. The van der Waals surface area contributed by atoms with Crippen LogP contribution in [0.5, 0.6) is 0 Å². The minimum Gasteiger partial charge on any atom is -0.172 e. The summed E-state index contributed by atoms with van der Waals surface area (Å²) in [5.74, 6) is 0. The van der Waals surface area contributed by atoms with Gasteiger partial charge in [-0.05, 0) is 81.7 Å². The summed E-state index contributed by atoms with van der Waals surface area (Å²) in [6.45, 7) is 11.4. The number of aryl methyl sites for hydroxylation is 3. The molecule has 0 unspecified atom stereocenters. The van der Waals surface area contributed by atoms with Crippen LogP contribution in [-0.4, -0.2) is 8.75 Å². The molecule has 3 aromatic heterocycles. The molecule has 0 saturated carbocycles. The van der Waals surface area contributed by atoms with Crippen LogP contribution in [0.4, 0.5) is 0 Å². The van der Waals surface area contributed by atoms with Crippen molar-refractivity contribution in [2.75, 3.05) is 0 Å². The van der Waals surface area contributed by atoms with E-state index in [1.807, 2.05) is 22.7 Å². The Morgan fingerprint density at radius 1 is 0.700 bits per heavy atom. The van der Waals surface area contributed by atoms with E-state index in [2.05, 4.69) is 65.0 Å². The number of nitrogens with zero attached hydrogens (tertiary/aromatic N) is 2. The number of aromatic nitrogens is 2. The second kappa shape index (κ2) is 16.0. The average molecular weight is 593 g/mol. The summed E-state index contributed by atoms with van der Waals surface area (Å²) < 4.78 is 9.67. The normalized spacial score (nSPS) is 12.2. The van der Waals surface area contributed by atoms with Gasteiger partial charge in [0, 0.05) is 30.6 Å². The first-order chi connectivity index (χ1) is 19.5. The number of hydrogen-bond acceptors (Lipinski definition) is 5. The molecule has 0 atom stereocenters. The largest absolute Gasteiger partial charge is 0.172 e. The number of hydrogen-bond donors (Lipinski definition) is 0. The molecule has 0 fully saturated rings. The van der Waals surface area contributed by atoms with Crippen LogP contribution in [-0.2, 0) is 12.8 Å². The molecular weight excluding hydrogens is 545 g/mol. The highest BCUT2D eigenvalue weighted by Gasteiger charge is 2.18. The molecule has 0 radical (unpaired) electrons. The van der Waals surface area contributed by atoms with Gasteiger partial charge in [0.05, 0.1) is 11.7 Å². The van der Waals surface area contributed by atoms with Gasteiger partial charge in [-0.15, -0.1) is 22.7 Å². The molecule has 3 heterocycles. The summed E-state index contributed by atoms with van der Waals surface area (Å²) in [6.07, 6.45) is 20.3. The molecule has 1 aromatic carbocycles. The molecule has 5 heteroatoms. The highest BCUT2D eigenvalue weighted by Crippen LogP contribution is 2.42. The van der Waals surface area contributed by atoms with Crippen molar-refractivity contribution >= 4 is 51.5 Å². The summed E-state index contributed by atoms with van der Waals surface area (Å²) in [5, 5.41) is 0. The van der Waals surface area contributed by atoms with E-state index in [9.17, 15) is 0 Å². The van der Waals surface area contributed by atoms with Crippen LogP contribution in [0.2, 0.25) is 0 Å². The Morgan fingerprint density at radius 3 is 1.88 bits per heavy atom. The minimum absolute atomic E-state index is 1.06. The smallest absolute Gasteiger partial charge is 0.114 e. The third-order valence-corrected chi connectivity index (χ3v) is 10.8. The lowest BCUT2D eigenvalue weighted by atomic mass is 10.0. The van der Waals surface area contributed by atoms with E-state index in [4.69, 9.17) is 8.75 Å². The maximum absolute atomic E-state index is 4.84. The van der Waals surface area contributed by atoms with Crippen molar-refractivity contribution in [2.45, 2.75) is 125 Å². The van der Waals surface area contributed by atoms with E-state index in [0.717, 1.165) is 17.5 Å². The Bertz CT molecular complexity index is 1370. The molecule has 0 aliphatic rings. The van der Waals surface area contributed by atoms with Gasteiger partial charge in [-0.2, -0.15) is 8.75 Å². The van der Waals surface area contributed by atoms with Gasteiger partial charge in [-0.1, -0.05) is 89.8 Å². The summed E-state index contributed by atoms with van der Waals surface area (Å²) in [7, 11) is 0. The van der Waals surface area contributed by atoms with Crippen LogP contribution in [0.15, 0.2) is 29.8 Å². The van der Waals surface area contributed by atoms with E-state index >= 15 is 0 Å². The first-order valence-corrected chi connectivity index (χ1v) is 18.1. The highest BCUT2D eigenvalue weighted by molar-refractivity contribution is 7.16. The number of allylic oxidation sites excluding steroid dienone is 1. The minimum atomic E-state index is 1.06. The molecule has 0 saturated heterocycles. The Kier molecular flexibility index (Phi) is 12.4. The maximum Gasteiger partial charge on any atom is 0.114 e. The van der Waals surface area contributed by atoms with Crippen molar-refractivity contribution in [3.05, 3.63) is 50.7 Å². The predicted molar refractivity (Wildman–Crippen MR) is 182 cm³/mol. The van der Waals surface area contributed by atoms with Crippen molar-refractivity contribution in [1.82, 2.24) is 8.75 Å². The van der Waals surface area contributed by atoms with Crippen LogP contribution in [0, 0.1) is 6.92 Å². The second-order valence-corrected chi connectivity index (χ2v) is 14.3. The topological polar surface area (TPSA) is 25.8 Å². The Morgan fingerprint density at radius 2 is 1.25 bits per heavy atom. The first kappa shape index (κ1) is 31.1. The summed E-state index contributed by atoms with van der Waals surface area (Å²) in [4.78, 5) is 5.56. The zero-order valence-electron chi connectivity index (χ0n) is 25.4. The fourth-order valence-corrected chi connectivity index (χ4v) is 8.43. The van der Waals surface area contributed by atoms with Gasteiger partial charge in [0.1, 0.15) is 11.0 Å². The molecule has 0 N–H and O–H groups in total. The molecule has 2 nitrogen and oxygen atoms in total. The predicted octanol–water partition coefficient (Wildman–Crippen LogP) is 12.7. The molecule has 40 heavy (non-hydrogen) atoms. The number of rotatable bonds is 17. The third-order valence-electron chi connectivity index (χ3n) is 7.96. The third kappa shape index (κ3) is 8.14. The van der Waals surface area contributed by atoms with Gasteiger partial charge < -0.3 is 0 Å². The quantitative estimate of drug-likeness (QED) is 0.114. The lowest BCUT2D eigenvalue weighted by Gasteiger charge is -2.03. The van der Waals surface area contributed by atoms with Crippen molar-refractivity contribution in [1.29, 1.82) is 0 Å². The monoisotopic (exact) mass is 592 g/mol. The van der Waals surface area contributed by atoms with Crippen LogP contribution in [0.1, 0.15) is 126 Å². The lowest BCUT2D eigenvalue weighted by Crippen LogP contribution is -1.87. The first-order valence-electron chi connectivity index (χ1n) is 15.7. The SMILES string of the molecule is CCCCCCc1cc(-c2ccc(-c3cc(CCCCCC)c(C=C(C)CCCCC)s3)c3nsnc23)sc1C. The molecule has 0 aliphatic carbocycles. The van der Waals surface area contributed by atoms with E-state index in [0.29, 0.717) is 0 Å². The van der Waals surface area contributed by atoms with Gasteiger partial charge in [0.2, 0.25) is 0 Å². The van der Waals surface area contributed by atoms with Crippen molar-refractivity contribution in [3.63, 3.8) is 0 Å². The van der Waals surface area contributed by atoms with E-state index < -0.39 is 0 Å². The highest BCUT2D eigenvalue weighted by atomic mass is 32.1. The molecule has 216 valence electrons. The van der Waals surface area contributed by atoms with Gasteiger partial charge in [-0.3, -0.25) is 0 Å². The Hall–Kier alpha value is -1.82. The van der Waals surface area contributed by atoms with E-state index in [1.165, 1.54) is 143 Å². The van der Waals surface area contributed by atoms with E-state index in [-0.39, 0.29) is 0 Å². The van der Waals surface area contributed by atoms with Crippen LogP contribution < -0.4 is 0 Å². The average Bonchev–Trinajstić information content (AvgIpc) is 3.68. The lowest BCUT2D eigenvalue weighted by molar-refractivity contribution is 0.666. The number of unbranched alkanes of at least 4 members (excludes halogenated alkanes) is 8. The van der Waals surface area contributed by atoms with Crippen molar-refractivity contribution in [3.8, 4) is 20.9 Å². The molecule has 0 aliphatic heterocycles. The summed E-state index contributed by atoms with van der Waals surface area (Å²) in [5.41, 5.74) is 9.12. The zero-order valence-corrected chi connectivity index (χ0v) is 27.9. The van der Waals surface area contributed by atoms with E-state index in [1.54, 1.807) is 0 Å². The maximum atomic E-state index is 4.84. The second-order valence-electron chi connectivity index (χ2n) is 11.4. The standard InChI is InChI=1S/C35H48N2S3/c1-6-9-12-15-18-27-23-32(38-26(27)5)29-20-21-30(35-34(29)36-40-37-35)33-24-28(19-16-13-10-7-2)31(39-33)22-25(4)17-14-11-8-3/h20-24H,6-19H2,1-5H3. The summed E-state index contributed by atoms with van der Waals surface area (Å²) in [6, 6.07) is 9.49. The number of thiophene rings is 2. The summed E-state index contributed by atoms with van der Waals surface area (Å²) >= 11 is 5.21. The molecule has 0 bridgehead atoms.